The Morgan fingerprint density at radius 1 is 1.18 bits per heavy atom. The lowest BCUT2D eigenvalue weighted by Gasteiger charge is -2.31. The molecular formula is C17H23ClF3N3O4. The van der Waals surface area contributed by atoms with Gasteiger partial charge in [0.1, 0.15) is 5.75 Å². The third kappa shape index (κ3) is 7.53. The lowest BCUT2D eigenvalue weighted by Crippen LogP contribution is -2.47. The molecule has 1 amide bonds. The predicted molar refractivity (Wildman–Crippen MR) is 99.1 cm³/mol. The maximum Gasteiger partial charge on any atom is 0.422 e. The molecule has 1 aromatic carbocycles. The molecule has 11 heteroatoms. The van der Waals surface area contributed by atoms with Crippen molar-refractivity contribution < 1.29 is 32.2 Å². The lowest BCUT2D eigenvalue weighted by molar-refractivity contribution is -0.153. The maximum atomic E-state index is 12.4. The maximum absolute atomic E-state index is 12.4. The van der Waals surface area contributed by atoms with Gasteiger partial charge in [0.05, 0.1) is 24.9 Å². The molecule has 0 aliphatic carbocycles. The quantitative estimate of drug-likeness (QED) is 0.703. The molecular weight excluding hydrogens is 403 g/mol. The van der Waals surface area contributed by atoms with E-state index in [1.807, 2.05) is 11.9 Å². The summed E-state index contributed by atoms with van der Waals surface area (Å²) in [6.07, 6.45) is -4.53. The van der Waals surface area contributed by atoms with E-state index in [1.54, 1.807) is 0 Å². The van der Waals surface area contributed by atoms with Gasteiger partial charge in [-0.1, -0.05) is 0 Å². The summed E-state index contributed by atoms with van der Waals surface area (Å²) in [6, 6.07) is 3.70. The van der Waals surface area contributed by atoms with Gasteiger partial charge in [-0.3, -0.25) is 9.69 Å². The number of rotatable bonds is 6. The molecule has 0 radical (unpaired) electrons. The summed E-state index contributed by atoms with van der Waals surface area (Å²) in [5.74, 6) is -1.25. The van der Waals surface area contributed by atoms with Crippen LogP contribution in [0.5, 0.6) is 5.75 Å². The van der Waals surface area contributed by atoms with E-state index in [-0.39, 0.29) is 36.0 Å². The molecule has 0 saturated carbocycles. The summed E-state index contributed by atoms with van der Waals surface area (Å²) >= 11 is 0. The molecule has 7 nitrogen and oxygen atoms in total. The molecule has 1 heterocycles. The number of nitrogens with one attached hydrogen (secondary N) is 1. The van der Waals surface area contributed by atoms with Crippen LogP contribution in [0.25, 0.3) is 0 Å². The van der Waals surface area contributed by atoms with Gasteiger partial charge >= 0.3 is 12.1 Å². The number of likely N-dealkylation sites (N-methyl/N-ethyl adjacent to an activating group) is 1. The standard InChI is InChI=1S/C17H22F3N3O4.ClH/c1-22-5-7-23(8-6-22)10-15(24)21-13-9-12(16(25)26-2)3-4-14(13)27-11-17(18,19)20;/h3-4,9H,5-8,10-11H2,1-2H3,(H,21,24);1H. The minimum atomic E-state index is -4.53. The number of alkyl halides is 3. The van der Waals surface area contributed by atoms with Crippen LogP contribution in [0.3, 0.4) is 0 Å². The van der Waals surface area contributed by atoms with Crippen LogP contribution in [-0.2, 0) is 9.53 Å². The van der Waals surface area contributed by atoms with Crippen LogP contribution in [0, 0.1) is 0 Å². The summed E-state index contributed by atoms with van der Waals surface area (Å²) in [6.45, 7) is 1.66. The fraction of sp³-hybridized carbons (Fsp3) is 0.529. The number of hydrogen-bond donors (Lipinski definition) is 1. The Morgan fingerprint density at radius 2 is 1.82 bits per heavy atom. The average Bonchev–Trinajstić information content (AvgIpc) is 2.61. The molecule has 1 saturated heterocycles. The number of anilines is 1. The summed E-state index contributed by atoms with van der Waals surface area (Å²) in [4.78, 5) is 28.0. The van der Waals surface area contributed by atoms with Crippen molar-refractivity contribution in [2.24, 2.45) is 0 Å². The van der Waals surface area contributed by atoms with Gasteiger partial charge < -0.3 is 19.7 Å². The Hall–Kier alpha value is -2.04. The van der Waals surface area contributed by atoms with Gasteiger partial charge in [0.25, 0.3) is 0 Å². The first-order chi connectivity index (χ1) is 12.7. The van der Waals surface area contributed by atoms with Crippen molar-refractivity contribution >= 4 is 30.0 Å². The smallest absolute Gasteiger partial charge is 0.422 e. The highest BCUT2D eigenvalue weighted by atomic mass is 35.5. The number of hydrogen-bond acceptors (Lipinski definition) is 6. The number of carbonyl (C=O) groups is 2. The average molecular weight is 426 g/mol. The van der Waals surface area contributed by atoms with E-state index in [2.05, 4.69) is 15.0 Å². The van der Waals surface area contributed by atoms with Gasteiger partial charge in [-0.05, 0) is 25.2 Å². The molecule has 2 rings (SSSR count). The highest BCUT2D eigenvalue weighted by Crippen LogP contribution is 2.28. The minimum Gasteiger partial charge on any atom is -0.482 e. The molecule has 0 aromatic heterocycles. The van der Waals surface area contributed by atoms with E-state index < -0.39 is 24.7 Å². The Balaban J connectivity index is 0.00000392. The SMILES string of the molecule is COC(=O)c1ccc(OCC(F)(F)F)c(NC(=O)CN2CCN(C)CC2)c1.Cl. The zero-order valence-electron chi connectivity index (χ0n) is 15.5. The van der Waals surface area contributed by atoms with E-state index in [9.17, 15) is 22.8 Å². The first-order valence-electron chi connectivity index (χ1n) is 8.30. The van der Waals surface area contributed by atoms with Crippen molar-refractivity contribution in [3.8, 4) is 5.75 Å². The van der Waals surface area contributed by atoms with Gasteiger partial charge in [0.15, 0.2) is 6.61 Å². The van der Waals surface area contributed by atoms with Gasteiger partial charge in [0.2, 0.25) is 5.91 Å². The molecule has 0 spiro atoms. The summed E-state index contributed by atoms with van der Waals surface area (Å²) < 4.78 is 46.7. The van der Waals surface area contributed by atoms with Crippen molar-refractivity contribution in [3.63, 3.8) is 0 Å². The number of piperazine rings is 1. The molecule has 1 aromatic rings. The third-order valence-electron chi connectivity index (χ3n) is 4.03. The van der Waals surface area contributed by atoms with Crippen molar-refractivity contribution in [3.05, 3.63) is 23.8 Å². The second kappa shape index (κ2) is 10.5. The normalized spacial score (nSPS) is 15.5. The van der Waals surface area contributed by atoms with Gasteiger partial charge in [-0.2, -0.15) is 13.2 Å². The van der Waals surface area contributed by atoms with Crippen LogP contribution in [0.4, 0.5) is 18.9 Å². The molecule has 1 aliphatic rings. The summed E-state index contributed by atoms with van der Waals surface area (Å²) in [5, 5.41) is 2.53. The number of amides is 1. The molecule has 1 fully saturated rings. The number of methoxy groups -OCH3 is 1. The Kier molecular flexibility index (Phi) is 8.99. The predicted octanol–water partition coefficient (Wildman–Crippen LogP) is 2.02. The van der Waals surface area contributed by atoms with E-state index in [0.717, 1.165) is 13.1 Å². The van der Waals surface area contributed by atoms with Crippen molar-refractivity contribution in [2.75, 3.05) is 58.8 Å². The zero-order chi connectivity index (χ0) is 20.0. The number of nitrogens with zero attached hydrogens (tertiary/aromatic N) is 2. The van der Waals surface area contributed by atoms with Gasteiger partial charge in [-0.15, -0.1) is 12.4 Å². The van der Waals surface area contributed by atoms with Crippen LogP contribution < -0.4 is 10.1 Å². The van der Waals surface area contributed by atoms with Crippen LogP contribution in [0.2, 0.25) is 0 Å². The Labute approximate surface area is 167 Å². The molecule has 0 bridgehead atoms. The van der Waals surface area contributed by atoms with Gasteiger partial charge in [-0.25, -0.2) is 4.79 Å². The fourth-order valence-electron chi connectivity index (χ4n) is 2.56. The largest absolute Gasteiger partial charge is 0.482 e. The van der Waals surface area contributed by atoms with Crippen LogP contribution >= 0.6 is 12.4 Å². The highest BCUT2D eigenvalue weighted by Gasteiger charge is 2.29. The van der Waals surface area contributed by atoms with Crippen LogP contribution in [-0.4, -0.2) is 81.3 Å². The fourth-order valence-corrected chi connectivity index (χ4v) is 2.56. The molecule has 158 valence electrons. The number of carbonyl (C=O) groups excluding carboxylic acids is 2. The van der Waals surface area contributed by atoms with Crippen molar-refractivity contribution in [1.82, 2.24) is 9.80 Å². The second-order valence-corrected chi connectivity index (χ2v) is 6.23. The molecule has 0 unspecified atom stereocenters. The monoisotopic (exact) mass is 425 g/mol. The Bertz CT molecular complexity index is 680. The van der Waals surface area contributed by atoms with E-state index in [4.69, 9.17) is 4.74 Å². The highest BCUT2D eigenvalue weighted by molar-refractivity contribution is 5.96. The second-order valence-electron chi connectivity index (χ2n) is 6.23. The molecule has 28 heavy (non-hydrogen) atoms. The van der Waals surface area contributed by atoms with E-state index in [1.165, 1.54) is 25.3 Å². The van der Waals surface area contributed by atoms with E-state index >= 15 is 0 Å². The first-order valence-corrected chi connectivity index (χ1v) is 8.30. The summed E-state index contributed by atoms with van der Waals surface area (Å²) in [7, 11) is 3.17. The van der Waals surface area contributed by atoms with Gasteiger partial charge in [0, 0.05) is 26.2 Å². The van der Waals surface area contributed by atoms with Crippen molar-refractivity contribution in [2.45, 2.75) is 6.18 Å². The molecule has 1 N–H and O–H groups in total. The molecule has 1 aliphatic heterocycles. The number of ether oxygens (including phenoxy) is 2. The molecule has 0 atom stereocenters. The summed E-state index contributed by atoms with van der Waals surface area (Å²) in [5.41, 5.74) is 0.0769. The number of esters is 1. The van der Waals surface area contributed by atoms with Crippen LogP contribution in [0.15, 0.2) is 18.2 Å². The first kappa shape index (κ1) is 24.0. The van der Waals surface area contributed by atoms with E-state index in [0.29, 0.717) is 13.1 Å². The Morgan fingerprint density at radius 3 is 2.39 bits per heavy atom. The number of halogens is 4. The lowest BCUT2D eigenvalue weighted by atomic mass is 10.2. The topological polar surface area (TPSA) is 71.1 Å². The van der Waals surface area contributed by atoms with Crippen LogP contribution in [0.1, 0.15) is 10.4 Å². The minimum absolute atomic E-state index is 0. The number of benzene rings is 1. The zero-order valence-corrected chi connectivity index (χ0v) is 16.4. The van der Waals surface area contributed by atoms with Crippen molar-refractivity contribution in [1.29, 1.82) is 0 Å². The third-order valence-corrected chi connectivity index (χ3v) is 4.03.